The molecule has 1 aliphatic rings. The Bertz CT molecular complexity index is 693. The van der Waals surface area contributed by atoms with Crippen LogP contribution in [-0.2, 0) is 11.3 Å². The van der Waals surface area contributed by atoms with E-state index in [1.54, 1.807) is 0 Å². The van der Waals surface area contributed by atoms with Crippen molar-refractivity contribution >= 4 is 11.6 Å². The van der Waals surface area contributed by atoms with Crippen LogP contribution in [0.4, 0.5) is 5.69 Å². The molecule has 128 valence electrons. The van der Waals surface area contributed by atoms with Gasteiger partial charge in [0.2, 0.25) is 0 Å². The number of hydrogen-bond acceptors (Lipinski definition) is 4. The molecule has 24 heavy (non-hydrogen) atoms. The number of anilines is 1. The van der Waals surface area contributed by atoms with Gasteiger partial charge in [-0.3, -0.25) is 9.48 Å². The first-order valence-corrected chi connectivity index (χ1v) is 8.29. The molecule has 0 bridgehead atoms. The molecular weight excluding hydrogens is 304 g/mol. The largest absolute Gasteiger partial charge is 0.378 e. The third-order valence-corrected chi connectivity index (χ3v) is 4.33. The fraction of sp³-hybridized carbons (Fsp3) is 0.444. The Kier molecular flexibility index (Phi) is 4.85. The molecule has 1 aromatic carbocycles. The summed E-state index contributed by atoms with van der Waals surface area (Å²) in [6, 6.07) is 7.71. The molecule has 1 atom stereocenters. The molecule has 0 aliphatic carbocycles. The molecule has 0 unspecified atom stereocenters. The summed E-state index contributed by atoms with van der Waals surface area (Å²) in [5, 5.41) is 4.29. The first-order valence-electron chi connectivity index (χ1n) is 8.29. The van der Waals surface area contributed by atoms with Gasteiger partial charge in [-0.1, -0.05) is 0 Å². The lowest BCUT2D eigenvalue weighted by molar-refractivity contribution is -0.0228. The summed E-state index contributed by atoms with van der Waals surface area (Å²) in [5.41, 5.74) is 2.82. The van der Waals surface area contributed by atoms with E-state index in [0.717, 1.165) is 17.8 Å². The first kappa shape index (κ1) is 16.5. The molecule has 1 amide bonds. The third-order valence-electron chi connectivity index (χ3n) is 4.33. The van der Waals surface area contributed by atoms with Crippen molar-refractivity contribution in [1.29, 1.82) is 0 Å². The van der Waals surface area contributed by atoms with Crippen LogP contribution in [0.1, 0.15) is 28.9 Å². The van der Waals surface area contributed by atoms with Crippen LogP contribution < -0.4 is 4.90 Å². The summed E-state index contributed by atoms with van der Waals surface area (Å²) in [5.74, 6) is 0.0523. The standard InChI is InChI=1S/C18H24N4O2/c1-4-22-12-15(11-19-22)17-13-21(9-10-24-17)18(23)14-5-7-16(8-6-14)20(2)3/h5-8,11-12,17H,4,9-10,13H2,1-3H3/t17-/m0/s1. The lowest BCUT2D eigenvalue weighted by Gasteiger charge is -2.32. The van der Waals surface area contributed by atoms with Crippen LogP contribution in [0.25, 0.3) is 0 Å². The summed E-state index contributed by atoms with van der Waals surface area (Å²) >= 11 is 0. The van der Waals surface area contributed by atoms with E-state index in [1.807, 2.05) is 72.2 Å². The van der Waals surface area contributed by atoms with Gasteiger partial charge in [0.25, 0.3) is 5.91 Å². The van der Waals surface area contributed by atoms with Gasteiger partial charge in [-0.05, 0) is 31.2 Å². The maximum absolute atomic E-state index is 12.8. The van der Waals surface area contributed by atoms with E-state index >= 15 is 0 Å². The summed E-state index contributed by atoms with van der Waals surface area (Å²) in [6.45, 7) is 4.60. The highest BCUT2D eigenvalue weighted by atomic mass is 16.5. The summed E-state index contributed by atoms with van der Waals surface area (Å²) in [6.07, 6.45) is 3.71. The van der Waals surface area contributed by atoms with Crippen LogP contribution in [-0.4, -0.2) is 54.4 Å². The smallest absolute Gasteiger partial charge is 0.254 e. The van der Waals surface area contributed by atoms with Crippen molar-refractivity contribution in [3.63, 3.8) is 0 Å². The maximum atomic E-state index is 12.8. The van der Waals surface area contributed by atoms with Crippen molar-refractivity contribution in [3.8, 4) is 0 Å². The molecule has 6 heteroatoms. The zero-order chi connectivity index (χ0) is 17.1. The van der Waals surface area contributed by atoms with Gasteiger partial charge >= 0.3 is 0 Å². The second kappa shape index (κ2) is 7.05. The van der Waals surface area contributed by atoms with E-state index in [4.69, 9.17) is 4.74 Å². The molecule has 0 N–H and O–H groups in total. The van der Waals surface area contributed by atoms with Gasteiger partial charge in [-0.15, -0.1) is 0 Å². The number of aryl methyl sites for hydroxylation is 1. The number of carbonyl (C=O) groups excluding carboxylic acids is 1. The predicted octanol–water partition coefficient (Wildman–Crippen LogP) is 2.18. The highest BCUT2D eigenvalue weighted by molar-refractivity contribution is 5.94. The SMILES string of the molecule is CCn1cc([C@@H]2CN(C(=O)c3ccc(N(C)C)cc3)CCO2)cn1. The van der Waals surface area contributed by atoms with E-state index in [1.165, 1.54) is 0 Å². The van der Waals surface area contributed by atoms with Gasteiger partial charge in [0.1, 0.15) is 6.10 Å². The second-order valence-electron chi connectivity index (χ2n) is 6.18. The monoisotopic (exact) mass is 328 g/mol. The Morgan fingerprint density at radius 1 is 1.33 bits per heavy atom. The molecular formula is C18H24N4O2. The van der Waals surface area contributed by atoms with Crippen molar-refractivity contribution in [2.24, 2.45) is 0 Å². The van der Waals surface area contributed by atoms with E-state index in [-0.39, 0.29) is 12.0 Å². The van der Waals surface area contributed by atoms with Gasteiger partial charge in [-0.2, -0.15) is 5.10 Å². The minimum atomic E-state index is -0.107. The Balaban J connectivity index is 1.70. The molecule has 1 fully saturated rings. The van der Waals surface area contributed by atoms with Crippen LogP contribution in [0.3, 0.4) is 0 Å². The minimum absolute atomic E-state index is 0.0523. The highest BCUT2D eigenvalue weighted by Crippen LogP contribution is 2.23. The fourth-order valence-corrected chi connectivity index (χ4v) is 2.84. The average molecular weight is 328 g/mol. The Labute approximate surface area is 142 Å². The third kappa shape index (κ3) is 3.43. The highest BCUT2D eigenvalue weighted by Gasteiger charge is 2.27. The van der Waals surface area contributed by atoms with Gasteiger partial charge < -0.3 is 14.5 Å². The van der Waals surface area contributed by atoms with E-state index in [2.05, 4.69) is 5.10 Å². The van der Waals surface area contributed by atoms with Crippen LogP contribution in [0.2, 0.25) is 0 Å². The Morgan fingerprint density at radius 2 is 2.08 bits per heavy atom. The number of carbonyl (C=O) groups is 1. The second-order valence-corrected chi connectivity index (χ2v) is 6.18. The molecule has 2 heterocycles. The zero-order valence-electron chi connectivity index (χ0n) is 14.5. The molecule has 1 aliphatic heterocycles. The van der Waals surface area contributed by atoms with Crippen molar-refractivity contribution < 1.29 is 9.53 Å². The number of ether oxygens (including phenoxy) is 1. The van der Waals surface area contributed by atoms with Gasteiger partial charge in [-0.25, -0.2) is 0 Å². The van der Waals surface area contributed by atoms with Gasteiger partial charge in [0.15, 0.2) is 0 Å². The molecule has 1 saturated heterocycles. The normalized spacial score (nSPS) is 17.8. The fourth-order valence-electron chi connectivity index (χ4n) is 2.84. The summed E-state index contributed by atoms with van der Waals surface area (Å²) in [7, 11) is 3.97. The number of aromatic nitrogens is 2. The lowest BCUT2D eigenvalue weighted by Crippen LogP contribution is -2.42. The van der Waals surface area contributed by atoms with Crippen molar-refractivity contribution in [2.75, 3.05) is 38.7 Å². The van der Waals surface area contributed by atoms with E-state index in [9.17, 15) is 4.79 Å². The number of rotatable bonds is 4. The number of nitrogens with zero attached hydrogens (tertiary/aromatic N) is 4. The number of hydrogen-bond donors (Lipinski definition) is 0. The van der Waals surface area contributed by atoms with Gasteiger partial charge in [0.05, 0.1) is 19.3 Å². The molecule has 3 rings (SSSR count). The van der Waals surface area contributed by atoms with E-state index < -0.39 is 0 Å². The molecule has 6 nitrogen and oxygen atoms in total. The molecule has 0 saturated carbocycles. The quantitative estimate of drug-likeness (QED) is 0.863. The molecule has 0 radical (unpaired) electrons. The molecule has 2 aromatic rings. The van der Waals surface area contributed by atoms with Crippen LogP contribution >= 0.6 is 0 Å². The number of morpholine rings is 1. The minimum Gasteiger partial charge on any atom is -0.378 e. The zero-order valence-corrected chi connectivity index (χ0v) is 14.5. The predicted molar refractivity (Wildman–Crippen MR) is 93.3 cm³/mol. The Hall–Kier alpha value is -2.34. The molecule has 0 spiro atoms. The van der Waals surface area contributed by atoms with Crippen molar-refractivity contribution in [1.82, 2.24) is 14.7 Å². The lowest BCUT2D eigenvalue weighted by atomic mass is 10.1. The van der Waals surface area contributed by atoms with Crippen LogP contribution in [0.15, 0.2) is 36.7 Å². The average Bonchev–Trinajstić information content (AvgIpc) is 3.10. The number of amides is 1. The molecule has 1 aromatic heterocycles. The topological polar surface area (TPSA) is 50.6 Å². The summed E-state index contributed by atoms with van der Waals surface area (Å²) < 4.78 is 7.71. The van der Waals surface area contributed by atoms with Gasteiger partial charge in [0, 0.05) is 50.2 Å². The Morgan fingerprint density at radius 3 is 2.71 bits per heavy atom. The van der Waals surface area contributed by atoms with Crippen molar-refractivity contribution in [2.45, 2.75) is 19.6 Å². The first-order chi connectivity index (χ1) is 11.6. The summed E-state index contributed by atoms with van der Waals surface area (Å²) in [4.78, 5) is 16.6. The van der Waals surface area contributed by atoms with E-state index in [0.29, 0.717) is 25.3 Å². The van der Waals surface area contributed by atoms with Crippen LogP contribution in [0.5, 0.6) is 0 Å². The number of benzene rings is 1. The van der Waals surface area contributed by atoms with Crippen LogP contribution in [0, 0.1) is 0 Å². The van der Waals surface area contributed by atoms with Crippen molar-refractivity contribution in [3.05, 3.63) is 47.8 Å². The maximum Gasteiger partial charge on any atom is 0.254 e.